The number of amides is 1. The molecule has 4 N–H and O–H groups in total. The fraction of sp³-hybridized carbons (Fsp3) is 0.333. The van der Waals surface area contributed by atoms with Crippen LogP contribution in [0.2, 0.25) is 5.02 Å². The van der Waals surface area contributed by atoms with Gasteiger partial charge < -0.3 is 15.8 Å². The van der Waals surface area contributed by atoms with E-state index in [0.717, 1.165) is 16.6 Å². The molecule has 7 nitrogen and oxygen atoms in total. The monoisotopic (exact) mass is 335 g/mol. The summed E-state index contributed by atoms with van der Waals surface area (Å²) in [6.07, 6.45) is 0.909. The second kappa shape index (κ2) is 6.67. The summed E-state index contributed by atoms with van der Waals surface area (Å²) in [5.74, 6) is -0.593. The smallest absolute Gasteiger partial charge is 0.251 e. The summed E-state index contributed by atoms with van der Waals surface area (Å²) in [6, 6.07) is 7.63. The number of primary amides is 1. The highest BCUT2D eigenvalue weighted by Gasteiger charge is 2.27. The van der Waals surface area contributed by atoms with E-state index in [9.17, 15) is 4.79 Å². The molecule has 2 aromatic rings. The van der Waals surface area contributed by atoms with Gasteiger partial charge in [-0.25, -0.2) is 0 Å². The van der Waals surface area contributed by atoms with E-state index in [1.165, 1.54) is 0 Å². The van der Waals surface area contributed by atoms with Gasteiger partial charge in [-0.1, -0.05) is 11.6 Å². The first-order valence-corrected chi connectivity index (χ1v) is 7.70. The molecule has 23 heavy (non-hydrogen) atoms. The molecule has 1 amide bonds. The van der Waals surface area contributed by atoms with Gasteiger partial charge in [0.1, 0.15) is 0 Å². The quantitative estimate of drug-likeness (QED) is 0.715. The summed E-state index contributed by atoms with van der Waals surface area (Å²) < 4.78 is 0. The van der Waals surface area contributed by atoms with E-state index < -0.39 is 12.1 Å². The molecule has 0 aliphatic carbocycles. The minimum Gasteiger partial charge on any atom is -0.368 e. The van der Waals surface area contributed by atoms with Crippen molar-refractivity contribution in [3.05, 3.63) is 35.5 Å². The van der Waals surface area contributed by atoms with Gasteiger partial charge in [0.05, 0.1) is 5.52 Å². The van der Waals surface area contributed by atoms with Crippen molar-refractivity contribution in [2.75, 3.05) is 31.1 Å². The van der Waals surface area contributed by atoms with Gasteiger partial charge in [-0.3, -0.25) is 14.7 Å². The number of hydrogen-bond acceptors (Lipinski definition) is 6. The van der Waals surface area contributed by atoms with Crippen LogP contribution in [-0.4, -0.2) is 53.3 Å². The van der Waals surface area contributed by atoms with Crippen molar-refractivity contribution >= 4 is 34.1 Å². The van der Waals surface area contributed by atoms with E-state index in [0.29, 0.717) is 31.2 Å². The largest absolute Gasteiger partial charge is 0.368 e. The summed E-state index contributed by atoms with van der Waals surface area (Å²) in [6.45, 7) is 2.65. The Labute approximate surface area is 138 Å². The van der Waals surface area contributed by atoms with Crippen LogP contribution in [0, 0.1) is 0 Å². The van der Waals surface area contributed by atoms with E-state index in [-0.39, 0.29) is 0 Å². The summed E-state index contributed by atoms with van der Waals surface area (Å²) in [4.78, 5) is 19.7. The molecule has 1 aliphatic rings. The van der Waals surface area contributed by atoms with Gasteiger partial charge in [0.15, 0.2) is 6.17 Å². The number of piperazine rings is 1. The van der Waals surface area contributed by atoms with Gasteiger partial charge in [0, 0.05) is 48.5 Å². The third-order valence-electron chi connectivity index (χ3n) is 4.09. The summed E-state index contributed by atoms with van der Waals surface area (Å²) in [5.41, 5.74) is 9.18. The second-order valence-corrected chi connectivity index (χ2v) is 5.89. The Hall–Kier alpha value is -1.93. The molecular weight excluding hydrogens is 318 g/mol. The average Bonchev–Trinajstić information content (AvgIpc) is 2.55. The summed E-state index contributed by atoms with van der Waals surface area (Å²) >= 11 is 6.02. The van der Waals surface area contributed by atoms with Gasteiger partial charge in [0.25, 0.3) is 5.91 Å². The third kappa shape index (κ3) is 3.23. The van der Waals surface area contributed by atoms with Crippen LogP contribution in [0.4, 0.5) is 5.69 Å². The van der Waals surface area contributed by atoms with Crippen LogP contribution in [0.15, 0.2) is 30.5 Å². The lowest BCUT2D eigenvalue weighted by Gasteiger charge is -2.38. The van der Waals surface area contributed by atoms with E-state index in [1.807, 2.05) is 34.6 Å². The van der Waals surface area contributed by atoms with Crippen molar-refractivity contribution in [3.63, 3.8) is 0 Å². The van der Waals surface area contributed by atoms with Crippen molar-refractivity contribution in [1.82, 2.24) is 15.4 Å². The first-order chi connectivity index (χ1) is 11.1. The molecule has 1 aromatic carbocycles. The molecule has 1 fully saturated rings. The van der Waals surface area contributed by atoms with E-state index in [4.69, 9.17) is 22.5 Å². The Balaban J connectivity index is 1.79. The molecule has 0 saturated carbocycles. The number of hydroxylamine groups is 1. The van der Waals surface area contributed by atoms with Gasteiger partial charge in [0.2, 0.25) is 0 Å². The van der Waals surface area contributed by atoms with E-state index >= 15 is 0 Å². The number of halogens is 1. The van der Waals surface area contributed by atoms with Crippen molar-refractivity contribution in [2.45, 2.75) is 6.17 Å². The number of carbonyl (C=O) groups is 1. The maximum Gasteiger partial charge on any atom is 0.251 e. The lowest BCUT2D eigenvalue weighted by Crippen LogP contribution is -2.59. The van der Waals surface area contributed by atoms with Gasteiger partial charge >= 0.3 is 0 Å². The summed E-state index contributed by atoms with van der Waals surface area (Å²) in [5, 5.41) is 10.8. The van der Waals surface area contributed by atoms with Gasteiger partial charge in [-0.05, 0) is 24.3 Å². The molecule has 3 rings (SSSR count). The number of rotatable bonds is 4. The first kappa shape index (κ1) is 15.9. The van der Waals surface area contributed by atoms with Crippen LogP contribution in [0.5, 0.6) is 0 Å². The molecule has 0 radical (unpaired) electrons. The summed E-state index contributed by atoms with van der Waals surface area (Å²) in [7, 11) is 0. The molecule has 1 atom stereocenters. The Morgan fingerprint density at radius 3 is 2.70 bits per heavy atom. The number of nitrogens with two attached hydrogens (primary N) is 1. The number of carbonyl (C=O) groups excluding carboxylic acids is 1. The fourth-order valence-electron chi connectivity index (χ4n) is 2.93. The lowest BCUT2D eigenvalue weighted by molar-refractivity contribution is -0.129. The Kier molecular flexibility index (Phi) is 4.63. The molecule has 122 valence electrons. The van der Waals surface area contributed by atoms with E-state index in [2.05, 4.69) is 9.88 Å². The van der Waals surface area contributed by atoms with Crippen molar-refractivity contribution in [3.8, 4) is 0 Å². The molecule has 1 aliphatic heterocycles. The molecule has 1 unspecified atom stereocenters. The van der Waals surface area contributed by atoms with Crippen LogP contribution >= 0.6 is 11.6 Å². The topological polar surface area (TPSA) is 94.7 Å². The predicted molar refractivity (Wildman–Crippen MR) is 88.4 cm³/mol. The normalized spacial score (nSPS) is 17.4. The third-order valence-corrected chi connectivity index (χ3v) is 4.33. The van der Waals surface area contributed by atoms with Crippen LogP contribution in [0.3, 0.4) is 0 Å². The van der Waals surface area contributed by atoms with Crippen LogP contribution < -0.4 is 16.1 Å². The highest BCUT2D eigenvalue weighted by molar-refractivity contribution is 6.31. The number of aromatic nitrogens is 1. The van der Waals surface area contributed by atoms with Crippen molar-refractivity contribution in [1.29, 1.82) is 0 Å². The van der Waals surface area contributed by atoms with Gasteiger partial charge in [-0.2, -0.15) is 5.48 Å². The highest BCUT2D eigenvalue weighted by Crippen LogP contribution is 2.28. The highest BCUT2D eigenvalue weighted by atomic mass is 35.5. The zero-order valence-corrected chi connectivity index (χ0v) is 13.2. The number of hydrogen-bond donors (Lipinski definition) is 3. The number of anilines is 1. The standard InChI is InChI=1S/C15H18ClN5O2/c16-10-1-2-11-12(9-10)18-4-3-13(11)20-5-7-21(8-6-20)15(19-23)14(17)22/h1-4,9,15,19,23H,5-8H2,(H2,17,22). The van der Waals surface area contributed by atoms with Crippen LogP contribution in [0.1, 0.15) is 0 Å². The first-order valence-electron chi connectivity index (χ1n) is 7.32. The fourth-order valence-corrected chi connectivity index (χ4v) is 3.09. The predicted octanol–water partition coefficient (Wildman–Crippen LogP) is 0.800. The Morgan fingerprint density at radius 1 is 1.30 bits per heavy atom. The lowest BCUT2D eigenvalue weighted by atomic mass is 10.1. The molecule has 2 heterocycles. The molecule has 0 bridgehead atoms. The molecule has 8 heteroatoms. The maximum atomic E-state index is 11.3. The number of nitrogens with zero attached hydrogens (tertiary/aromatic N) is 3. The molecule has 0 spiro atoms. The minimum absolute atomic E-state index is 0.593. The maximum absolute atomic E-state index is 11.3. The number of pyridine rings is 1. The average molecular weight is 336 g/mol. The zero-order chi connectivity index (χ0) is 16.4. The Morgan fingerprint density at radius 2 is 2.04 bits per heavy atom. The number of fused-ring (bicyclic) bond motifs is 1. The minimum atomic E-state index is -0.856. The number of nitrogens with one attached hydrogen (secondary N) is 1. The SMILES string of the molecule is NC(=O)C(NO)N1CCN(c2ccnc3cc(Cl)ccc23)CC1. The van der Waals surface area contributed by atoms with Crippen molar-refractivity contribution < 1.29 is 10.0 Å². The van der Waals surface area contributed by atoms with Crippen LogP contribution in [0.25, 0.3) is 10.9 Å². The van der Waals surface area contributed by atoms with Crippen LogP contribution in [-0.2, 0) is 4.79 Å². The van der Waals surface area contributed by atoms with Crippen molar-refractivity contribution in [2.24, 2.45) is 5.73 Å². The molecular formula is C15H18ClN5O2. The zero-order valence-electron chi connectivity index (χ0n) is 12.4. The van der Waals surface area contributed by atoms with E-state index in [1.54, 1.807) is 6.20 Å². The Bertz CT molecular complexity index is 718. The second-order valence-electron chi connectivity index (χ2n) is 5.45. The number of benzene rings is 1. The molecule has 1 saturated heterocycles. The van der Waals surface area contributed by atoms with Gasteiger partial charge in [-0.15, -0.1) is 0 Å². The molecule has 1 aromatic heterocycles.